The van der Waals surface area contributed by atoms with E-state index in [4.69, 9.17) is 19.9 Å². The van der Waals surface area contributed by atoms with Crippen LogP contribution in [0.3, 0.4) is 0 Å². The van der Waals surface area contributed by atoms with Crippen molar-refractivity contribution in [3.05, 3.63) is 24.5 Å². The third-order valence-electron chi connectivity index (χ3n) is 5.81. The molecule has 1 amide bonds. The van der Waals surface area contributed by atoms with Gasteiger partial charge in [-0.15, -0.1) is 0 Å². The number of aliphatic imine (C=N–C) groups is 3. The zero-order valence-corrected chi connectivity index (χ0v) is 21.3. The summed E-state index contributed by atoms with van der Waals surface area (Å²) in [7, 11) is 3.87. The van der Waals surface area contributed by atoms with Crippen LogP contribution in [0.15, 0.2) is 39.5 Å². The Bertz CT molecular complexity index is 1080. The summed E-state index contributed by atoms with van der Waals surface area (Å²) in [5.74, 6) is 0.731. The van der Waals surface area contributed by atoms with Gasteiger partial charge in [-0.05, 0) is 32.6 Å². The van der Waals surface area contributed by atoms with Gasteiger partial charge in [-0.2, -0.15) is 0 Å². The number of anilines is 2. The van der Waals surface area contributed by atoms with Gasteiger partial charge in [0, 0.05) is 57.4 Å². The first-order valence-corrected chi connectivity index (χ1v) is 11.9. The normalized spacial score (nSPS) is 14.5. The van der Waals surface area contributed by atoms with E-state index in [9.17, 15) is 4.79 Å². The molecule has 2 N–H and O–H groups in total. The summed E-state index contributed by atoms with van der Waals surface area (Å²) in [4.78, 5) is 44.0. The van der Waals surface area contributed by atoms with Crippen molar-refractivity contribution in [2.45, 2.75) is 0 Å². The van der Waals surface area contributed by atoms with Crippen LogP contribution in [0.4, 0.5) is 17.3 Å². The van der Waals surface area contributed by atoms with Crippen LogP contribution in [0.1, 0.15) is 0 Å². The standard InChI is InChI=1S/C24H34N10O3/c1-25-15-19(24(35)31-36)16-28-17-32(3)9-10-33(4)22-20(26-2)23(34-11-13-37-14-12-34)30-21(29-22)18-5-7-27-8-6-18/h5-8,16,19,36H,1-2,9-15,17H2,3-4H3,(H,31,35)/b28-16-. The maximum atomic E-state index is 11.7. The van der Waals surface area contributed by atoms with Crippen LogP contribution < -0.4 is 15.3 Å². The van der Waals surface area contributed by atoms with Gasteiger partial charge in [0.1, 0.15) is 5.69 Å². The number of likely N-dealkylation sites (N-methyl/N-ethyl adjacent to an activating group) is 2. The molecule has 3 rings (SSSR count). The number of carbonyl (C=O) groups is 1. The molecule has 13 nitrogen and oxygen atoms in total. The molecule has 1 atom stereocenters. The Kier molecular flexibility index (Phi) is 10.6. The average molecular weight is 511 g/mol. The van der Waals surface area contributed by atoms with Crippen molar-refractivity contribution in [1.29, 1.82) is 0 Å². The van der Waals surface area contributed by atoms with E-state index < -0.39 is 11.8 Å². The van der Waals surface area contributed by atoms with Crippen LogP contribution in [0.25, 0.3) is 11.4 Å². The maximum Gasteiger partial charge on any atom is 0.253 e. The van der Waals surface area contributed by atoms with E-state index in [1.165, 1.54) is 6.21 Å². The number of amides is 1. The topological polar surface area (TPSA) is 144 Å². The highest BCUT2D eigenvalue weighted by atomic mass is 16.5. The lowest BCUT2D eigenvalue weighted by molar-refractivity contribution is -0.130. The summed E-state index contributed by atoms with van der Waals surface area (Å²) < 4.78 is 5.52. The number of pyridine rings is 1. The number of hydrogen-bond donors (Lipinski definition) is 2. The smallest absolute Gasteiger partial charge is 0.253 e. The third kappa shape index (κ3) is 7.59. The van der Waals surface area contributed by atoms with Gasteiger partial charge in [-0.3, -0.25) is 34.9 Å². The van der Waals surface area contributed by atoms with Crippen molar-refractivity contribution in [3.63, 3.8) is 0 Å². The van der Waals surface area contributed by atoms with Crippen molar-refractivity contribution in [1.82, 2.24) is 25.3 Å². The molecule has 0 saturated carbocycles. The molecule has 1 fully saturated rings. The lowest BCUT2D eigenvalue weighted by Crippen LogP contribution is -2.37. The second-order valence-electron chi connectivity index (χ2n) is 8.50. The summed E-state index contributed by atoms with van der Waals surface area (Å²) >= 11 is 0. The molecule has 0 radical (unpaired) electrons. The first kappa shape index (κ1) is 27.8. The average Bonchev–Trinajstić information content (AvgIpc) is 2.95. The van der Waals surface area contributed by atoms with Crippen LogP contribution in [0.2, 0.25) is 0 Å². The van der Waals surface area contributed by atoms with Gasteiger partial charge in [0.25, 0.3) is 5.91 Å². The van der Waals surface area contributed by atoms with Crippen molar-refractivity contribution >= 4 is 42.9 Å². The van der Waals surface area contributed by atoms with Crippen molar-refractivity contribution in [2.75, 3.05) is 76.5 Å². The minimum atomic E-state index is -0.675. The quantitative estimate of drug-likeness (QED) is 0.228. The van der Waals surface area contributed by atoms with Gasteiger partial charge >= 0.3 is 0 Å². The highest BCUT2D eigenvalue weighted by molar-refractivity contribution is 5.93. The zero-order valence-electron chi connectivity index (χ0n) is 21.3. The largest absolute Gasteiger partial charge is 0.378 e. The number of rotatable bonds is 13. The summed E-state index contributed by atoms with van der Waals surface area (Å²) in [6.07, 6.45) is 4.90. The monoisotopic (exact) mass is 510 g/mol. The Labute approximate surface area is 216 Å². The minimum Gasteiger partial charge on any atom is -0.378 e. The number of nitrogens with one attached hydrogen (secondary N) is 1. The molecule has 0 spiro atoms. The second kappa shape index (κ2) is 14.1. The van der Waals surface area contributed by atoms with Crippen molar-refractivity contribution in [2.24, 2.45) is 20.9 Å². The molecular weight excluding hydrogens is 476 g/mol. The van der Waals surface area contributed by atoms with Crippen molar-refractivity contribution in [3.8, 4) is 11.4 Å². The Hall–Kier alpha value is -3.81. The van der Waals surface area contributed by atoms with Gasteiger partial charge in [0.2, 0.25) is 0 Å². The summed E-state index contributed by atoms with van der Waals surface area (Å²) in [6.45, 7) is 11.6. The highest BCUT2D eigenvalue weighted by Gasteiger charge is 2.23. The second-order valence-corrected chi connectivity index (χ2v) is 8.50. The molecule has 37 heavy (non-hydrogen) atoms. The number of aromatic nitrogens is 3. The van der Waals surface area contributed by atoms with E-state index in [1.54, 1.807) is 17.9 Å². The predicted octanol–water partition coefficient (Wildman–Crippen LogP) is 0.926. The SMILES string of the molecule is C=NCC(/C=N\CN(C)CCN(C)c1nc(-c2ccncc2)nc(N2CCOCC2)c1N=C)C(=O)NO. The minimum absolute atomic E-state index is 0.138. The number of hydroxylamine groups is 1. The van der Waals surface area contributed by atoms with E-state index in [2.05, 4.69) is 38.3 Å². The van der Waals surface area contributed by atoms with E-state index in [0.29, 0.717) is 63.4 Å². The van der Waals surface area contributed by atoms with Gasteiger partial charge < -0.3 is 14.5 Å². The highest BCUT2D eigenvalue weighted by Crippen LogP contribution is 2.37. The van der Waals surface area contributed by atoms with Crippen molar-refractivity contribution < 1.29 is 14.7 Å². The lowest BCUT2D eigenvalue weighted by Gasteiger charge is -2.31. The van der Waals surface area contributed by atoms with Crippen LogP contribution >= 0.6 is 0 Å². The number of hydrogen-bond acceptors (Lipinski definition) is 12. The number of carbonyl (C=O) groups excluding carboxylic acids is 1. The summed E-state index contributed by atoms with van der Waals surface area (Å²) in [5, 5.41) is 8.86. The van der Waals surface area contributed by atoms with Gasteiger partial charge in [-0.1, -0.05) is 0 Å². The molecule has 1 aliphatic heterocycles. The first-order chi connectivity index (χ1) is 18.0. The molecule has 1 unspecified atom stereocenters. The number of nitrogens with zero attached hydrogens (tertiary/aromatic N) is 9. The number of morpholine rings is 1. The summed E-state index contributed by atoms with van der Waals surface area (Å²) in [6, 6.07) is 3.75. The van der Waals surface area contributed by atoms with E-state index in [1.807, 2.05) is 36.0 Å². The van der Waals surface area contributed by atoms with Crippen LogP contribution in [-0.2, 0) is 9.53 Å². The first-order valence-electron chi connectivity index (χ1n) is 11.9. The zero-order chi connectivity index (χ0) is 26.6. The fourth-order valence-electron chi connectivity index (χ4n) is 3.70. The van der Waals surface area contributed by atoms with E-state index >= 15 is 0 Å². The molecule has 2 aromatic rings. The maximum absolute atomic E-state index is 11.7. The fourth-order valence-corrected chi connectivity index (χ4v) is 3.70. The number of ether oxygens (including phenoxy) is 1. The van der Waals surface area contributed by atoms with Gasteiger partial charge in [-0.25, -0.2) is 15.4 Å². The van der Waals surface area contributed by atoms with Gasteiger partial charge in [0.15, 0.2) is 17.5 Å². The van der Waals surface area contributed by atoms with Crippen LogP contribution in [-0.4, -0.2) is 117 Å². The van der Waals surface area contributed by atoms with Crippen LogP contribution in [0.5, 0.6) is 0 Å². The van der Waals surface area contributed by atoms with Gasteiger partial charge in [0.05, 0.1) is 32.3 Å². The Balaban J connectivity index is 1.77. The molecule has 0 bridgehead atoms. The van der Waals surface area contributed by atoms with E-state index in [0.717, 1.165) is 11.4 Å². The molecule has 0 aromatic carbocycles. The molecule has 0 aliphatic carbocycles. The molecule has 1 saturated heterocycles. The molecule has 198 valence electrons. The molecule has 2 aromatic heterocycles. The third-order valence-corrected chi connectivity index (χ3v) is 5.81. The molecule has 1 aliphatic rings. The van der Waals surface area contributed by atoms with Crippen LogP contribution in [0, 0.1) is 5.92 Å². The molecule has 3 heterocycles. The molecular formula is C24H34N10O3. The Morgan fingerprint density at radius 2 is 1.97 bits per heavy atom. The molecule has 13 heteroatoms. The fraction of sp³-hybridized carbons (Fsp3) is 0.458. The van der Waals surface area contributed by atoms with E-state index in [-0.39, 0.29) is 6.54 Å². The predicted molar refractivity (Wildman–Crippen MR) is 145 cm³/mol. The Morgan fingerprint density at radius 1 is 1.24 bits per heavy atom. The summed E-state index contributed by atoms with van der Waals surface area (Å²) in [5.41, 5.74) is 3.10. The Morgan fingerprint density at radius 3 is 2.62 bits per heavy atom. The lowest BCUT2D eigenvalue weighted by atomic mass is 10.1.